The topological polar surface area (TPSA) is 85.8 Å². The molecule has 0 aliphatic heterocycles. The molecule has 0 unspecified atom stereocenters. The first-order valence-electron chi connectivity index (χ1n) is 8.24. The molecule has 3 aromatic carbocycles. The minimum absolute atomic E-state index is 0.119. The molecule has 0 saturated heterocycles. The van der Waals surface area contributed by atoms with Crippen LogP contribution in [0.5, 0.6) is 0 Å². The number of nitrogens with zero attached hydrogens (tertiary/aromatic N) is 3. The maximum absolute atomic E-state index is 12.6. The van der Waals surface area contributed by atoms with Crippen molar-refractivity contribution in [2.24, 2.45) is 0 Å². The molecule has 1 heterocycles. The van der Waals surface area contributed by atoms with Crippen molar-refractivity contribution in [3.63, 3.8) is 0 Å². The fourth-order valence-corrected chi connectivity index (χ4v) is 2.87. The quantitative estimate of drug-likeness (QED) is 0.595. The van der Waals surface area contributed by atoms with Gasteiger partial charge in [-0.3, -0.25) is 4.79 Å². The first-order chi connectivity index (χ1) is 12.7. The van der Waals surface area contributed by atoms with Crippen LogP contribution in [0.25, 0.3) is 10.8 Å². The molecule has 4 rings (SSSR count). The maximum Gasteiger partial charge on any atom is 0.280 e. The van der Waals surface area contributed by atoms with Crippen LogP contribution in [-0.2, 0) is 6.54 Å². The zero-order chi connectivity index (χ0) is 17.9. The lowest BCUT2D eigenvalue weighted by molar-refractivity contribution is 0.102. The zero-order valence-corrected chi connectivity index (χ0v) is 14.0. The van der Waals surface area contributed by atoms with Crippen LogP contribution in [0.2, 0.25) is 0 Å². The number of nitrogens with one attached hydrogen (secondary N) is 1. The average molecular weight is 343 g/mol. The van der Waals surface area contributed by atoms with Crippen molar-refractivity contribution in [3.05, 3.63) is 84.1 Å². The zero-order valence-electron chi connectivity index (χ0n) is 14.0. The van der Waals surface area contributed by atoms with E-state index in [0.717, 1.165) is 16.3 Å². The van der Waals surface area contributed by atoms with Crippen LogP contribution in [0.1, 0.15) is 16.1 Å². The second-order valence-corrected chi connectivity index (χ2v) is 5.95. The van der Waals surface area contributed by atoms with Gasteiger partial charge in [-0.05, 0) is 17.0 Å². The Bertz CT molecular complexity index is 1070. The molecule has 1 aromatic heterocycles. The van der Waals surface area contributed by atoms with Crippen LogP contribution in [0.4, 0.5) is 11.5 Å². The van der Waals surface area contributed by atoms with Gasteiger partial charge in [0.25, 0.3) is 5.91 Å². The van der Waals surface area contributed by atoms with Gasteiger partial charge in [-0.2, -0.15) is 0 Å². The summed E-state index contributed by atoms with van der Waals surface area (Å²) in [5, 5.41) is 12.9. The first-order valence-corrected chi connectivity index (χ1v) is 8.24. The van der Waals surface area contributed by atoms with E-state index < -0.39 is 0 Å². The molecule has 4 aromatic rings. The molecule has 0 fully saturated rings. The van der Waals surface area contributed by atoms with Crippen LogP contribution in [0.3, 0.4) is 0 Å². The Labute approximate surface area is 150 Å². The third-order valence-corrected chi connectivity index (χ3v) is 4.20. The molecule has 0 radical (unpaired) electrons. The number of nitrogen functional groups attached to an aromatic ring is 1. The number of benzene rings is 3. The molecule has 0 aliphatic rings. The van der Waals surface area contributed by atoms with Crippen molar-refractivity contribution in [2.75, 3.05) is 11.1 Å². The molecule has 0 aliphatic carbocycles. The normalized spacial score (nSPS) is 10.8. The molecule has 0 saturated carbocycles. The summed E-state index contributed by atoms with van der Waals surface area (Å²) >= 11 is 0. The van der Waals surface area contributed by atoms with Gasteiger partial charge in [-0.15, -0.1) is 5.10 Å². The van der Waals surface area contributed by atoms with Crippen molar-refractivity contribution in [1.29, 1.82) is 0 Å². The molecule has 0 spiro atoms. The number of aromatic nitrogens is 3. The van der Waals surface area contributed by atoms with Crippen LogP contribution < -0.4 is 11.1 Å². The predicted molar refractivity (Wildman–Crippen MR) is 102 cm³/mol. The third kappa shape index (κ3) is 3.00. The second kappa shape index (κ2) is 6.68. The Morgan fingerprint density at radius 3 is 2.54 bits per heavy atom. The van der Waals surface area contributed by atoms with Crippen LogP contribution in [0, 0.1) is 0 Å². The van der Waals surface area contributed by atoms with Crippen molar-refractivity contribution >= 4 is 28.2 Å². The van der Waals surface area contributed by atoms with Crippen LogP contribution in [0.15, 0.2) is 72.8 Å². The van der Waals surface area contributed by atoms with E-state index in [2.05, 4.69) is 15.6 Å². The fraction of sp³-hybridized carbons (Fsp3) is 0.0500. The van der Waals surface area contributed by atoms with E-state index in [1.165, 1.54) is 4.68 Å². The largest absolute Gasteiger partial charge is 0.382 e. The minimum atomic E-state index is -0.377. The molecule has 6 heteroatoms. The van der Waals surface area contributed by atoms with Gasteiger partial charge in [0, 0.05) is 11.1 Å². The molecular weight excluding hydrogens is 326 g/mol. The summed E-state index contributed by atoms with van der Waals surface area (Å²) in [7, 11) is 0. The second-order valence-electron chi connectivity index (χ2n) is 5.95. The van der Waals surface area contributed by atoms with Gasteiger partial charge in [0.2, 0.25) is 0 Å². The number of nitrogens with two attached hydrogens (primary N) is 1. The highest BCUT2D eigenvalue weighted by atomic mass is 16.2. The Balaban J connectivity index is 1.59. The Hall–Kier alpha value is -3.67. The van der Waals surface area contributed by atoms with Gasteiger partial charge in [0.15, 0.2) is 11.5 Å². The summed E-state index contributed by atoms with van der Waals surface area (Å²) in [6.45, 7) is 0.460. The van der Waals surface area contributed by atoms with E-state index in [0.29, 0.717) is 12.2 Å². The van der Waals surface area contributed by atoms with Gasteiger partial charge in [0.05, 0.1) is 6.54 Å². The molecule has 3 N–H and O–H groups in total. The van der Waals surface area contributed by atoms with Gasteiger partial charge < -0.3 is 11.1 Å². The van der Waals surface area contributed by atoms with E-state index in [1.807, 2.05) is 72.8 Å². The van der Waals surface area contributed by atoms with Gasteiger partial charge in [0.1, 0.15) is 0 Å². The standard InChI is InChI=1S/C20H17N5O/c21-19-18(23-24-25(19)13-14-7-2-1-3-8-14)20(26)22-17-12-6-10-15-9-4-5-11-16(15)17/h1-12H,13,21H2,(H,22,26). The Morgan fingerprint density at radius 2 is 1.69 bits per heavy atom. The van der Waals surface area contributed by atoms with Gasteiger partial charge in [-0.1, -0.05) is 71.9 Å². The molecular formula is C20H17N5O. The van der Waals surface area contributed by atoms with Crippen molar-refractivity contribution in [1.82, 2.24) is 15.0 Å². The van der Waals surface area contributed by atoms with Crippen LogP contribution in [-0.4, -0.2) is 20.9 Å². The number of anilines is 2. The highest BCUT2D eigenvalue weighted by Gasteiger charge is 2.18. The molecule has 0 atom stereocenters. The van der Waals surface area contributed by atoms with E-state index in [4.69, 9.17) is 5.73 Å². The Kier molecular flexibility index (Phi) is 4.07. The van der Waals surface area contributed by atoms with E-state index in [-0.39, 0.29) is 17.4 Å². The summed E-state index contributed by atoms with van der Waals surface area (Å²) in [6, 6.07) is 23.4. The monoisotopic (exact) mass is 343 g/mol. The third-order valence-electron chi connectivity index (χ3n) is 4.20. The lowest BCUT2D eigenvalue weighted by atomic mass is 10.1. The summed E-state index contributed by atoms with van der Waals surface area (Å²) in [5.41, 5.74) is 7.96. The van der Waals surface area contributed by atoms with Crippen molar-refractivity contribution < 1.29 is 4.79 Å². The number of carbonyl (C=O) groups excluding carboxylic acids is 1. The molecule has 128 valence electrons. The molecule has 6 nitrogen and oxygen atoms in total. The van der Waals surface area contributed by atoms with Gasteiger partial charge >= 0.3 is 0 Å². The lowest BCUT2D eigenvalue weighted by Gasteiger charge is -2.08. The first kappa shape index (κ1) is 15.8. The number of rotatable bonds is 4. The number of fused-ring (bicyclic) bond motifs is 1. The SMILES string of the molecule is Nc1c(C(=O)Nc2cccc3ccccc23)nnn1Cc1ccccc1. The van der Waals surface area contributed by atoms with Gasteiger partial charge in [-0.25, -0.2) is 4.68 Å². The minimum Gasteiger partial charge on any atom is -0.382 e. The summed E-state index contributed by atoms with van der Waals surface area (Å²) in [6.07, 6.45) is 0. The van der Waals surface area contributed by atoms with E-state index in [9.17, 15) is 4.79 Å². The molecule has 26 heavy (non-hydrogen) atoms. The van der Waals surface area contributed by atoms with Crippen molar-refractivity contribution in [3.8, 4) is 0 Å². The molecule has 1 amide bonds. The maximum atomic E-state index is 12.6. The average Bonchev–Trinajstić information content (AvgIpc) is 3.03. The Morgan fingerprint density at radius 1 is 0.962 bits per heavy atom. The fourth-order valence-electron chi connectivity index (χ4n) is 2.87. The van der Waals surface area contributed by atoms with E-state index >= 15 is 0 Å². The van der Waals surface area contributed by atoms with Crippen LogP contribution >= 0.6 is 0 Å². The number of hydrogen-bond donors (Lipinski definition) is 2. The highest BCUT2D eigenvalue weighted by Crippen LogP contribution is 2.24. The van der Waals surface area contributed by atoms with Crippen molar-refractivity contribution in [2.45, 2.75) is 6.54 Å². The number of carbonyl (C=O) groups is 1. The summed E-state index contributed by atoms with van der Waals surface area (Å²) in [5.74, 6) is -0.134. The lowest BCUT2D eigenvalue weighted by Crippen LogP contribution is -2.15. The predicted octanol–water partition coefficient (Wildman–Crippen LogP) is 3.31. The number of amides is 1. The summed E-state index contributed by atoms with van der Waals surface area (Å²) < 4.78 is 1.52. The molecule has 0 bridgehead atoms. The number of hydrogen-bond acceptors (Lipinski definition) is 4. The summed E-state index contributed by atoms with van der Waals surface area (Å²) in [4.78, 5) is 12.6. The van der Waals surface area contributed by atoms with E-state index in [1.54, 1.807) is 0 Å². The highest BCUT2D eigenvalue weighted by molar-refractivity contribution is 6.10. The smallest absolute Gasteiger partial charge is 0.280 e.